The van der Waals surface area contributed by atoms with E-state index in [1.165, 1.54) is 16.8 Å². The summed E-state index contributed by atoms with van der Waals surface area (Å²) in [7, 11) is -4.69. The van der Waals surface area contributed by atoms with Crippen molar-refractivity contribution in [3.05, 3.63) is 21.7 Å². The van der Waals surface area contributed by atoms with Crippen molar-refractivity contribution in [3.63, 3.8) is 0 Å². The molecule has 1 aliphatic heterocycles. The molecule has 0 spiro atoms. The zero-order valence-electron chi connectivity index (χ0n) is 10.4. The molecule has 5 N–H and O–H groups in total. The Kier molecular flexibility index (Phi) is 5.08. The first-order valence-corrected chi connectivity index (χ1v) is 8.07. The second kappa shape index (κ2) is 6.32. The number of nitrogens with zero attached hydrogens (tertiary/aromatic N) is 1. The number of aliphatic hydroxyl groups excluding tert-OH is 2. The minimum absolute atomic E-state index is 0.176. The summed E-state index contributed by atoms with van der Waals surface area (Å²) in [6, 6.07) is 1.52. The number of aromatic amines is 1. The number of phosphoric acid groups is 1. The Labute approximate surface area is 129 Å². The fourth-order valence-electron chi connectivity index (χ4n) is 1.89. The van der Waals surface area contributed by atoms with Crippen LogP contribution in [0.25, 0.3) is 0 Å². The predicted octanol–water partition coefficient (Wildman–Crippen LogP) is 0.00368. The molecule has 1 saturated heterocycles. The number of hydrogen-bond donors (Lipinski definition) is 5. The lowest BCUT2D eigenvalue weighted by Gasteiger charge is -2.18. The average Bonchev–Trinajstić information content (AvgIpc) is 2.64. The molecule has 2 heterocycles. The number of phosphoric ester groups is 1. The number of aromatic nitrogens is 2. The van der Waals surface area contributed by atoms with Gasteiger partial charge in [-0.1, -0.05) is 12.2 Å². The molecule has 0 aromatic carbocycles. The number of nitrogens with one attached hydrogen (secondary N) is 1. The van der Waals surface area contributed by atoms with Gasteiger partial charge in [0.15, 0.2) is 11.0 Å². The van der Waals surface area contributed by atoms with E-state index >= 15 is 0 Å². The molecule has 1 aromatic rings. The van der Waals surface area contributed by atoms with Crippen LogP contribution in [-0.4, -0.2) is 54.5 Å². The molecule has 2 rings (SSSR count). The summed E-state index contributed by atoms with van der Waals surface area (Å²) in [5.41, 5.74) is 0. The van der Waals surface area contributed by atoms with E-state index in [-0.39, 0.29) is 4.77 Å². The molecule has 1 aromatic heterocycles. The third kappa shape index (κ3) is 4.03. The fraction of sp³-hybridized carbons (Fsp3) is 0.556. The van der Waals surface area contributed by atoms with Crippen LogP contribution in [0, 0.1) is 9.41 Å². The van der Waals surface area contributed by atoms with Gasteiger partial charge in [-0.15, -0.1) is 0 Å². The quantitative estimate of drug-likeness (QED) is 0.373. The molecule has 1 fully saturated rings. The smallest absolute Gasteiger partial charge is 0.387 e. The lowest BCUT2D eigenvalue weighted by Crippen LogP contribution is -2.33. The lowest BCUT2D eigenvalue weighted by atomic mass is 10.1. The molecule has 0 bridgehead atoms. The summed E-state index contributed by atoms with van der Waals surface area (Å²) in [5.74, 6) is 0. The summed E-state index contributed by atoms with van der Waals surface area (Å²) in [6.07, 6.45) is -3.38. The van der Waals surface area contributed by atoms with Crippen molar-refractivity contribution in [1.82, 2.24) is 9.55 Å². The van der Waals surface area contributed by atoms with Crippen molar-refractivity contribution in [1.29, 1.82) is 0 Å². The zero-order valence-corrected chi connectivity index (χ0v) is 12.9. The first-order valence-electron chi connectivity index (χ1n) is 5.72. The minimum Gasteiger partial charge on any atom is -0.387 e. The Hall–Kier alpha value is -0.490. The fourth-order valence-corrected chi connectivity index (χ4v) is 2.73. The zero-order chi connectivity index (χ0) is 15.8. The molecular formula is C9H13N2O7PS2. The van der Waals surface area contributed by atoms with Gasteiger partial charge in [0.05, 0.1) is 6.61 Å². The van der Waals surface area contributed by atoms with Gasteiger partial charge in [0.2, 0.25) is 0 Å². The van der Waals surface area contributed by atoms with E-state index in [0.717, 1.165) is 0 Å². The normalized spacial score (nSPS) is 29.7. The molecule has 0 unspecified atom stereocenters. The van der Waals surface area contributed by atoms with E-state index in [9.17, 15) is 14.8 Å². The molecule has 118 valence electrons. The largest absolute Gasteiger partial charge is 0.469 e. The van der Waals surface area contributed by atoms with Crippen LogP contribution in [0.1, 0.15) is 6.23 Å². The molecule has 0 saturated carbocycles. The van der Waals surface area contributed by atoms with Crippen LogP contribution in [0.2, 0.25) is 0 Å². The van der Waals surface area contributed by atoms with Crippen LogP contribution in [0.15, 0.2) is 12.3 Å². The highest BCUT2D eigenvalue weighted by Crippen LogP contribution is 2.38. The van der Waals surface area contributed by atoms with Gasteiger partial charge in [0.1, 0.15) is 23.0 Å². The first-order chi connectivity index (χ1) is 9.69. The van der Waals surface area contributed by atoms with Crippen molar-refractivity contribution in [2.24, 2.45) is 0 Å². The van der Waals surface area contributed by atoms with E-state index in [1.807, 2.05) is 0 Å². The standard InChI is InChI=1S/C9H13N2O7PS2/c12-6-4(3-17-19(14,15)16)18-8(7(6)13)11-2-1-5(20)10-9(11)21/h1-2,4,6-8,12-13H,3H2,(H,10,20,21)(H2,14,15,16)/t4-,6-,7-,8-/m1/s1. The Morgan fingerprint density at radius 2 is 2.05 bits per heavy atom. The van der Waals surface area contributed by atoms with Crippen LogP contribution in [0.3, 0.4) is 0 Å². The molecule has 1 aliphatic rings. The summed E-state index contributed by atoms with van der Waals surface area (Å²) in [5, 5.41) is 19.8. The number of hydrogen-bond acceptors (Lipinski definition) is 7. The van der Waals surface area contributed by atoms with E-state index in [4.69, 9.17) is 39.0 Å². The van der Waals surface area contributed by atoms with Crippen LogP contribution in [0.5, 0.6) is 0 Å². The van der Waals surface area contributed by atoms with Crippen molar-refractivity contribution < 1.29 is 33.8 Å². The minimum atomic E-state index is -4.69. The maximum absolute atomic E-state index is 10.7. The highest BCUT2D eigenvalue weighted by atomic mass is 32.1. The van der Waals surface area contributed by atoms with Gasteiger partial charge in [0, 0.05) is 6.20 Å². The Balaban J connectivity index is 2.18. The SMILES string of the molecule is O=P(O)(O)OC[C@H]1O[C@@H](n2ccc(=S)[nH]c2=S)[C@H](O)[C@@H]1O. The molecule has 0 amide bonds. The second-order valence-corrected chi connectivity index (χ2v) is 6.42. The third-order valence-corrected chi connectivity index (χ3v) is 3.91. The van der Waals surface area contributed by atoms with Crippen LogP contribution in [-0.2, 0) is 13.8 Å². The molecule has 12 heteroatoms. The third-order valence-electron chi connectivity index (χ3n) is 2.87. The molecular weight excluding hydrogens is 343 g/mol. The predicted molar refractivity (Wildman–Crippen MR) is 74.4 cm³/mol. The maximum atomic E-state index is 10.7. The van der Waals surface area contributed by atoms with E-state index in [1.54, 1.807) is 0 Å². The Morgan fingerprint density at radius 1 is 1.38 bits per heavy atom. The number of H-pyrrole nitrogens is 1. The van der Waals surface area contributed by atoms with Crippen molar-refractivity contribution in [2.75, 3.05) is 6.61 Å². The Morgan fingerprint density at radius 3 is 2.62 bits per heavy atom. The van der Waals surface area contributed by atoms with Crippen molar-refractivity contribution in [3.8, 4) is 0 Å². The summed E-state index contributed by atoms with van der Waals surface area (Å²) in [6.45, 7) is -0.574. The monoisotopic (exact) mass is 356 g/mol. The van der Waals surface area contributed by atoms with Gasteiger partial charge in [-0.25, -0.2) is 4.57 Å². The average molecular weight is 356 g/mol. The summed E-state index contributed by atoms with van der Waals surface area (Å²) < 4.78 is 22.2. The molecule has 21 heavy (non-hydrogen) atoms. The summed E-state index contributed by atoms with van der Waals surface area (Å²) >= 11 is 9.94. The number of rotatable bonds is 4. The second-order valence-electron chi connectivity index (χ2n) is 4.35. The number of ether oxygens (including phenoxy) is 1. The van der Waals surface area contributed by atoms with E-state index < -0.39 is 39.0 Å². The first kappa shape index (κ1) is 16.9. The lowest BCUT2D eigenvalue weighted by molar-refractivity contribution is -0.0533. The van der Waals surface area contributed by atoms with Gasteiger partial charge in [-0.05, 0) is 18.3 Å². The molecule has 9 nitrogen and oxygen atoms in total. The van der Waals surface area contributed by atoms with Gasteiger partial charge in [-0.2, -0.15) is 0 Å². The molecule has 0 aliphatic carbocycles. The topological polar surface area (TPSA) is 137 Å². The van der Waals surface area contributed by atoms with Crippen LogP contribution < -0.4 is 0 Å². The van der Waals surface area contributed by atoms with E-state index in [2.05, 4.69) is 9.51 Å². The molecule has 0 radical (unpaired) electrons. The van der Waals surface area contributed by atoms with Gasteiger partial charge in [-0.3, -0.25) is 9.09 Å². The Bertz CT molecular complexity index is 671. The van der Waals surface area contributed by atoms with Gasteiger partial charge >= 0.3 is 7.82 Å². The van der Waals surface area contributed by atoms with Gasteiger partial charge < -0.3 is 29.7 Å². The summed E-state index contributed by atoms with van der Waals surface area (Å²) in [4.78, 5) is 20.0. The number of aliphatic hydroxyl groups is 2. The highest BCUT2D eigenvalue weighted by molar-refractivity contribution is 7.72. The van der Waals surface area contributed by atoms with Crippen molar-refractivity contribution >= 4 is 32.3 Å². The van der Waals surface area contributed by atoms with Gasteiger partial charge in [0.25, 0.3) is 0 Å². The molecule has 4 atom stereocenters. The van der Waals surface area contributed by atoms with Crippen LogP contribution in [0.4, 0.5) is 0 Å². The maximum Gasteiger partial charge on any atom is 0.469 e. The highest BCUT2D eigenvalue weighted by Gasteiger charge is 2.44. The van der Waals surface area contributed by atoms with Crippen molar-refractivity contribution in [2.45, 2.75) is 24.5 Å². The van der Waals surface area contributed by atoms with Crippen LogP contribution >= 0.6 is 32.3 Å². The van der Waals surface area contributed by atoms with E-state index in [0.29, 0.717) is 4.64 Å².